The minimum absolute atomic E-state index is 0.163. The van der Waals surface area contributed by atoms with Crippen molar-refractivity contribution in [1.82, 2.24) is 25.8 Å². The van der Waals surface area contributed by atoms with Gasteiger partial charge >= 0.3 is 0 Å². The lowest BCUT2D eigenvalue weighted by molar-refractivity contribution is -0.129. The van der Waals surface area contributed by atoms with E-state index < -0.39 is 6.04 Å². The molecule has 10 heteroatoms. The summed E-state index contributed by atoms with van der Waals surface area (Å²) in [6.45, 7) is 10.6. The fourth-order valence-corrected chi connectivity index (χ4v) is 6.63. The van der Waals surface area contributed by atoms with Gasteiger partial charge in [0.25, 0.3) is 0 Å². The molecule has 0 saturated carbocycles. The Hall–Kier alpha value is -2.82. The summed E-state index contributed by atoms with van der Waals surface area (Å²) in [5, 5.41) is 9.89. The smallest absolute Gasteiger partial charge is 0.243 e. The van der Waals surface area contributed by atoms with E-state index in [0.29, 0.717) is 32.1 Å². The van der Waals surface area contributed by atoms with E-state index >= 15 is 0 Å². The first-order valence-corrected chi connectivity index (χ1v) is 16.4. The van der Waals surface area contributed by atoms with Crippen molar-refractivity contribution >= 4 is 39.3 Å². The number of likely N-dealkylation sites (tertiary alicyclic amines) is 1. The summed E-state index contributed by atoms with van der Waals surface area (Å²) in [6, 6.07) is 5.24. The third-order valence-corrected chi connectivity index (χ3v) is 9.26. The van der Waals surface area contributed by atoms with Crippen molar-refractivity contribution < 1.29 is 19.1 Å². The van der Waals surface area contributed by atoms with E-state index in [9.17, 15) is 14.4 Å². The van der Waals surface area contributed by atoms with Crippen LogP contribution < -0.4 is 16.0 Å². The van der Waals surface area contributed by atoms with E-state index in [1.807, 2.05) is 12.1 Å². The molecule has 230 valence electrons. The number of piperidine rings is 1. The van der Waals surface area contributed by atoms with Gasteiger partial charge < -0.3 is 20.7 Å². The molecule has 42 heavy (non-hydrogen) atoms. The number of thiazole rings is 1. The number of carbonyl (C=O) groups is 3. The van der Waals surface area contributed by atoms with Crippen molar-refractivity contribution in [2.75, 3.05) is 39.4 Å². The number of fused-ring (bicyclic) bond motifs is 1. The van der Waals surface area contributed by atoms with Gasteiger partial charge in [-0.1, -0.05) is 39.3 Å². The van der Waals surface area contributed by atoms with Gasteiger partial charge in [0, 0.05) is 51.3 Å². The summed E-state index contributed by atoms with van der Waals surface area (Å²) in [7, 11) is 0. The van der Waals surface area contributed by atoms with Gasteiger partial charge in [-0.2, -0.15) is 0 Å². The van der Waals surface area contributed by atoms with Crippen molar-refractivity contribution in [3.05, 3.63) is 40.9 Å². The molecule has 0 spiro atoms. The van der Waals surface area contributed by atoms with Gasteiger partial charge in [-0.05, 0) is 68.3 Å². The maximum absolute atomic E-state index is 13.7. The summed E-state index contributed by atoms with van der Waals surface area (Å²) in [5.74, 6) is -0.0299. The van der Waals surface area contributed by atoms with E-state index in [0.717, 1.165) is 47.7 Å². The summed E-state index contributed by atoms with van der Waals surface area (Å²) in [5.41, 5.74) is 2.14. The second kappa shape index (κ2) is 16.1. The highest BCUT2D eigenvalue weighted by atomic mass is 32.1. The lowest BCUT2D eigenvalue weighted by Gasteiger charge is -2.32. The molecule has 3 heterocycles. The average Bonchev–Trinajstić information content (AvgIpc) is 3.41. The van der Waals surface area contributed by atoms with Crippen LogP contribution in [0.5, 0.6) is 0 Å². The number of ether oxygens (including phenoxy) is 1. The normalized spacial score (nSPS) is 18.3. The van der Waals surface area contributed by atoms with Crippen LogP contribution in [0.15, 0.2) is 30.4 Å². The Kier molecular flexibility index (Phi) is 12.3. The molecule has 2 atom stereocenters. The highest BCUT2D eigenvalue weighted by molar-refractivity contribution is 7.18. The van der Waals surface area contributed by atoms with Gasteiger partial charge in [-0.15, -0.1) is 11.3 Å². The van der Waals surface area contributed by atoms with E-state index in [2.05, 4.69) is 46.8 Å². The van der Waals surface area contributed by atoms with Crippen molar-refractivity contribution in [1.29, 1.82) is 0 Å². The van der Waals surface area contributed by atoms with Gasteiger partial charge in [0.05, 0.1) is 15.2 Å². The fraction of sp³-hybridized carbons (Fsp3) is 0.625. The first kappa shape index (κ1) is 32.1. The molecule has 2 aliphatic rings. The van der Waals surface area contributed by atoms with Gasteiger partial charge in [-0.3, -0.25) is 19.3 Å². The monoisotopic (exact) mass is 597 g/mol. The molecule has 2 aliphatic heterocycles. The van der Waals surface area contributed by atoms with Crippen LogP contribution in [0.3, 0.4) is 0 Å². The zero-order valence-corrected chi connectivity index (χ0v) is 26.1. The number of carbonyl (C=O) groups excluding carboxylic acids is 3. The molecule has 2 saturated heterocycles. The molecule has 1 aromatic heterocycles. The highest BCUT2D eigenvalue weighted by Crippen LogP contribution is 2.27. The molecule has 1 aromatic carbocycles. The van der Waals surface area contributed by atoms with E-state index in [-0.39, 0.29) is 36.1 Å². The Morgan fingerprint density at radius 1 is 1.12 bits per heavy atom. The van der Waals surface area contributed by atoms with Gasteiger partial charge in [0.2, 0.25) is 17.7 Å². The number of nitrogens with one attached hydrogen (secondary N) is 3. The standard InChI is InChI=1S/C32H47N5O4S/c1-4-29(38)34-26(20-31-35-25-11-10-24(22(2)3)19-28(25)42-31)32(40)36-27(23-12-17-41-18-13-23)21-33-30(39)9-8-16-37-14-6-5-7-15-37/h8-11,19,22-23,26-27H,4-7,12-18,20-21H2,1-3H3,(H,33,39)(H,34,38)(H,36,40)/b9-8+/t26-,27?/m0/s1. The number of hydrogen-bond acceptors (Lipinski definition) is 7. The van der Waals surface area contributed by atoms with Crippen LogP contribution in [0.2, 0.25) is 0 Å². The van der Waals surface area contributed by atoms with Crippen LogP contribution in [0.25, 0.3) is 10.2 Å². The summed E-state index contributed by atoms with van der Waals surface area (Å²) in [6.07, 6.45) is 9.41. The second-order valence-electron chi connectivity index (χ2n) is 11.7. The average molecular weight is 598 g/mol. The molecule has 2 aromatic rings. The number of benzene rings is 1. The number of rotatable bonds is 13. The Bertz CT molecular complexity index is 1220. The number of nitrogens with zero attached hydrogens (tertiary/aromatic N) is 2. The predicted molar refractivity (Wildman–Crippen MR) is 168 cm³/mol. The van der Waals surface area contributed by atoms with Crippen molar-refractivity contribution in [3.63, 3.8) is 0 Å². The zero-order valence-electron chi connectivity index (χ0n) is 25.3. The molecule has 3 amide bonds. The predicted octanol–water partition coefficient (Wildman–Crippen LogP) is 3.93. The Morgan fingerprint density at radius 2 is 1.88 bits per heavy atom. The SMILES string of the molecule is CCC(=O)N[C@@H](Cc1nc2ccc(C(C)C)cc2s1)C(=O)NC(CNC(=O)/C=C/CN1CCCCC1)C1CCOCC1. The molecule has 4 rings (SSSR count). The van der Waals surface area contributed by atoms with Crippen LogP contribution in [0, 0.1) is 5.92 Å². The largest absolute Gasteiger partial charge is 0.381 e. The molecule has 2 fully saturated rings. The summed E-state index contributed by atoms with van der Waals surface area (Å²) < 4.78 is 6.63. The zero-order chi connectivity index (χ0) is 29.9. The van der Waals surface area contributed by atoms with Crippen molar-refractivity contribution in [2.45, 2.75) is 83.7 Å². The van der Waals surface area contributed by atoms with Crippen LogP contribution in [0.1, 0.15) is 75.8 Å². The maximum atomic E-state index is 13.7. The van der Waals surface area contributed by atoms with Crippen molar-refractivity contribution in [3.8, 4) is 0 Å². The molecule has 3 N–H and O–H groups in total. The first-order valence-electron chi connectivity index (χ1n) is 15.6. The van der Waals surface area contributed by atoms with Crippen LogP contribution in [0.4, 0.5) is 0 Å². The molecular formula is C32H47N5O4S. The Labute approximate surface area is 253 Å². The molecular weight excluding hydrogens is 550 g/mol. The summed E-state index contributed by atoms with van der Waals surface area (Å²) >= 11 is 1.56. The number of aromatic nitrogens is 1. The lowest BCUT2D eigenvalue weighted by atomic mass is 9.91. The third kappa shape index (κ3) is 9.61. The topological polar surface area (TPSA) is 113 Å². The van der Waals surface area contributed by atoms with Crippen LogP contribution >= 0.6 is 11.3 Å². The lowest BCUT2D eigenvalue weighted by Crippen LogP contribution is -2.55. The minimum Gasteiger partial charge on any atom is -0.381 e. The maximum Gasteiger partial charge on any atom is 0.243 e. The molecule has 0 bridgehead atoms. The quantitative estimate of drug-likeness (QED) is 0.302. The third-order valence-electron chi connectivity index (χ3n) is 8.22. The fourth-order valence-electron chi connectivity index (χ4n) is 5.57. The molecule has 0 aliphatic carbocycles. The highest BCUT2D eigenvalue weighted by Gasteiger charge is 2.30. The molecule has 1 unspecified atom stereocenters. The van der Waals surface area contributed by atoms with Crippen molar-refractivity contribution in [2.24, 2.45) is 5.92 Å². The van der Waals surface area contributed by atoms with Gasteiger partial charge in [0.15, 0.2) is 0 Å². The van der Waals surface area contributed by atoms with E-state index in [1.54, 1.807) is 24.3 Å². The van der Waals surface area contributed by atoms with E-state index in [4.69, 9.17) is 9.72 Å². The second-order valence-corrected chi connectivity index (χ2v) is 12.9. The molecule has 0 radical (unpaired) electrons. The van der Waals surface area contributed by atoms with Crippen LogP contribution in [-0.4, -0.2) is 79.1 Å². The van der Waals surface area contributed by atoms with Gasteiger partial charge in [-0.25, -0.2) is 4.98 Å². The summed E-state index contributed by atoms with van der Waals surface area (Å²) in [4.78, 5) is 45.9. The first-order chi connectivity index (χ1) is 20.3. The van der Waals surface area contributed by atoms with Gasteiger partial charge in [0.1, 0.15) is 6.04 Å². The Morgan fingerprint density at radius 3 is 2.60 bits per heavy atom. The number of hydrogen-bond donors (Lipinski definition) is 3. The Balaban J connectivity index is 1.41. The molecule has 9 nitrogen and oxygen atoms in total. The van der Waals surface area contributed by atoms with Crippen LogP contribution in [-0.2, 0) is 25.5 Å². The van der Waals surface area contributed by atoms with E-state index in [1.165, 1.54) is 24.8 Å². The minimum atomic E-state index is -0.759. The number of amides is 3.